The van der Waals surface area contributed by atoms with E-state index < -0.39 is 0 Å². The Morgan fingerprint density at radius 3 is 1.96 bits per heavy atom. The second kappa shape index (κ2) is 12.0. The summed E-state index contributed by atoms with van der Waals surface area (Å²) in [5.41, 5.74) is 16.7. The molecule has 0 N–H and O–H groups in total. The normalized spacial score (nSPS) is 13.9. The first-order valence-electron chi connectivity index (χ1n) is 19.8. The number of rotatable bonds is 4. The lowest BCUT2D eigenvalue weighted by Gasteiger charge is -2.28. The second-order valence-corrected chi connectivity index (χ2v) is 18.2. The van der Waals surface area contributed by atoms with Crippen molar-refractivity contribution in [3.8, 4) is 22.3 Å². The van der Waals surface area contributed by atoms with Gasteiger partial charge in [-0.1, -0.05) is 134 Å². The third-order valence-corrected chi connectivity index (χ3v) is 12.1. The smallest absolute Gasteiger partial charge is 0.137 e. The van der Waals surface area contributed by atoms with Gasteiger partial charge in [0, 0.05) is 39.0 Å². The van der Waals surface area contributed by atoms with E-state index in [1.165, 1.54) is 44.3 Å². The average molecular weight is 730 g/mol. The molecule has 0 spiro atoms. The fraction of sp³-hybridized carbons (Fsp3) is 0.208. The van der Waals surface area contributed by atoms with Crippen LogP contribution in [-0.2, 0) is 16.2 Å². The molecule has 2 aromatic heterocycles. The highest BCUT2D eigenvalue weighted by Crippen LogP contribution is 2.52. The van der Waals surface area contributed by atoms with Crippen molar-refractivity contribution in [2.75, 3.05) is 4.90 Å². The van der Waals surface area contributed by atoms with Gasteiger partial charge in [-0.2, -0.15) is 0 Å². The van der Waals surface area contributed by atoms with Crippen LogP contribution in [0.2, 0.25) is 0 Å². The molecular formula is C53H47NO2. The third kappa shape index (κ3) is 5.24. The van der Waals surface area contributed by atoms with Gasteiger partial charge in [-0.25, -0.2) is 0 Å². The summed E-state index contributed by atoms with van der Waals surface area (Å²) in [4.78, 5) is 2.41. The Labute approximate surface area is 329 Å². The molecule has 7 aromatic carbocycles. The Morgan fingerprint density at radius 2 is 1.18 bits per heavy atom. The minimum absolute atomic E-state index is 0.0114. The number of nitrogens with zero attached hydrogens (tertiary/aromatic N) is 1. The number of hydrogen-bond donors (Lipinski definition) is 0. The molecule has 0 unspecified atom stereocenters. The van der Waals surface area contributed by atoms with Crippen LogP contribution in [0.15, 0.2) is 148 Å². The summed E-state index contributed by atoms with van der Waals surface area (Å²) in [5.74, 6) is 0. The van der Waals surface area contributed by atoms with Crippen LogP contribution in [0.4, 0.5) is 17.1 Å². The first-order valence-corrected chi connectivity index (χ1v) is 19.8. The van der Waals surface area contributed by atoms with E-state index in [1.54, 1.807) is 0 Å². The van der Waals surface area contributed by atoms with Crippen molar-refractivity contribution in [1.82, 2.24) is 0 Å². The third-order valence-electron chi connectivity index (χ3n) is 12.1. The fourth-order valence-corrected chi connectivity index (χ4v) is 9.12. The van der Waals surface area contributed by atoms with E-state index in [2.05, 4.69) is 200 Å². The van der Waals surface area contributed by atoms with Crippen LogP contribution in [0.5, 0.6) is 0 Å². The fourth-order valence-electron chi connectivity index (χ4n) is 9.12. The first kappa shape index (κ1) is 34.4. The molecular weight excluding hydrogens is 683 g/mol. The lowest BCUT2D eigenvalue weighted by Crippen LogP contribution is -2.16. The molecule has 0 radical (unpaired) electrons. The summed E-state index contributed by atoms with van der Waals surface area (Å²) in [6.45, 7) is 18.4. The minimum atomic E-state index is -0.149. The van der Waals surface area contributed by atoms with E-state index in [1.807, 2.05) is 0 Å². The van der Waals surface area contributed by atoms with Crippen LogP contribution >= 0.6 is 0 Å². The zero-order valence-corrected chi connectivity index (χ0v) is 33.5. The number of hydrogen-bond acceptors (Lipinski definition) is 3. The predicted octanol–water partition coefficient (Wildman–Crippen LogP) is 15.5. The highest BCUT2D eigenvalue weighted by atomic mass is 16.3. The standard InChI is InChI=1S/C53H47NO2/c1-51(2,3)34-28-43(52(4,5)6)49-39-25-23-36(31-47(39)56-48(49)29-34)54(35-22-24-38-37-17-12-13-18-41(37)53(7,8)42(38)30-35)44-19-14-20-46-50(44)40-27-33(21-26-45(40)55-46)32-15-10-9-11-16-32/h9-31H,1-8H3. The first-order chi connectivity index (χ1) is 26.8. The Morgan fingerprint density at radius 1 is 0.464 bits per heavy atom. The van der Waals surface area contributed by atoms with Crippen LogP contribution in [0.1, 0.15) is 77.6 Å². The summed E-state index contributed by atoms with van der Waals surface area (Å²) in [6.07, 6.45) is 0. The largest absolute Gasteiger partial charge is 0.456 e. The summed E-state index contributed by atoms with van der Waals surface area (Å²) in [5, 5.41) is 4.51. The Balaban J connectivity index is 1.24. The summed E-state index contributed by atoms with van der Waals surface area (Å²) < 4.78 is 13.5. The van der Waals surface area contributed by atoms with Crippen LogP contribution in [0.25, 0.3) is 66.1 Å². The SMILES string of the molecule is CC(C)(C)c1cc(C(C)(C)C)c2c(c1)oc1cc(N(c3ccc4c(c3)C(C)(C)c3ccccc3-4)c3cccc4oc5ccc(-c6ccccc6)cc5c34)ccc12. The molecule has 0 atom stereocenters. The summed E-state index contributed by atoms with van der Waals surface area (Å²) >= 11 is 0. The Kier molecular flexibility index (Phi) is 7.36. The number of anilines is 3. The maximum absolute atomic E-state index is 6.90. The van der Waals surface area contributed by atoms with Gasteiger partial charge in [0.1, 0.15) is 22.3 Å². The maximum atomic E-state index is 6.90. The van der Waals surface area contributed by atoms with Gasteiger partial charge in [0.15, 0.2) is 0 Å². The Bertz CT molecular complexity index is 3020. The summed E-state index contributed by atoms with van der Waals surface area (Å²) in [6, 6.07) is 50.8. The van der Waals surface area contributed by atoms with Crippen LogP contribution in [-0.4, -0.2) is 0 Å². The molecule has 0 aliphatic heterocycles. The average Bonchev–Trinajstić information content (AvgIpc) is 3.81. The molecule has 2 heterocycles. The molecule has 0 bridgehead atoms. The molecule has 1 aliphatic rings. The molecule has 276 valence electrons. The quantitative estimate of drug-likeness (QED) is 0.181. The zero-order chi connectivity index (χ0) is 38.7. The van der Waals surface area contributed by atoms with Gasteiger partial charge in [0.25, 0.3) is 0 Å². The van der Waals surface area contributed by atoms with Crippen molar-refractivity contribution in [2.24, 2.45) is 0 Å². The highest BCUT2D eigenvalue weighted by molar-refractivity contribution is 6.15. The number of fused-ring (bicyclic) bond motifs is 9. The molecule has 3 heteroatoms. The molecule has 0 saturated heterocycles. The minimum Gasteiger partial charge on any atom is -0.456 e. The van der Waals surface area contributed by atoms with E-state index in [0.29, 0.717) is 0 Å². The summed E-state index contributed by atoms with van der Waals surface area (Å²) in [7, 11) is 0. The molecule has 0 saturated carbocycles. The topological polar surface area (TPSA) is 29.5 Å². The van der Waals surface area contributed by atoms with Gasteiger partial charge in [0.2, 0.25) is 0 Å². The molecule has 56 heavy (non-hydrogen) atoms. The van der Waals surface area contributed by atoms with Crippen molar-refractivity contribution < 1.29 is 8.83 Å². The van der Waals surface area contributed by atoms with Gasteiger partial charge in [-0.3, -0.25) is 0 Å². The van der Waals surface area contributed by atoms with E-state index in [-0.39, 0.29) is 16.2 Å². The predicted molar refractivity (Wildman–Crippen MR) is 236 cm³/mol. The molecule has 0 amide bonds. The van der Waals surface area contributed by atoms with Gasteiger partial charge < -0.3 is 13.7 Å². The van der Waals surface area contributed by atoms with Crippen molar-refractivity contribution in [3.63, 3.8) is 0 Å². The molecule has 0 fully saturated rings. The molecule has 1 aliphatic carbocycles. The lowest BCUT2D eigenvalue weighted by atomic mass is 9.79. The van der Waals surface area contributed by atoms with E-state index >= 15 is 0 Å². The van der Waals surface area contributed by atoms with Crippen LogP contribution in [0.3, 0.4) is 0 Å². The van der Waals surface area contributed by atoms with Crippen LogP contribution < -0.4 is 4.90 Å². The molecule has 10 rings (SSSR count). The maximum Gasteiger partial charge on any atom is 0.137 e. The van der Waals surface area contributed by atoms with Crippen molar-refractivity contribution in [2.45, 2.75) is 71.6 Å². The van der Waals surface area contributed by atoms with Gasteiger partial charge in [0.05, 0.1) is 11.1 Å². The van der Waals surface area contributed by atoms with Crippen molar-refractivity contribution >= 4 is 60.9 Å². The Hall–Kier alpha value is -6.06. The van der Waals surface area contributed by atoms with Gasteiger partial charge in [-0.15, -0.1) is 0 Å². The monoisotopic (exact) mass is 729 g/mol. The molecule has 9 aromatic rings. The van der Waals surface area contributed by atoms with E-state index in [0.717, 1.165) is 61.1 Å². The zero-order valence-electron chi connectivity index (χ0n) is 33.5. The van der Waals surface area contributed by atoms with Crippen molar-refractivity contribution in [3.05, 3.63) is 162 Å². The molecule has 3 nitrogen and oxygen atoms in total. The van der Waals surface area contributed by atoms with E-state index in [4.69, 9.17) is 8.83 Å². The van der Waals surface area contributed by atoms with Gasteiger partial charge >= 0.3 is 0 Å². The number of benzene rings is 7. The van der Waals surface area contributed by atoms with Gasteiger partial charge in [-0.05, 0) is 110 Å². The number of furan rings is 2. The van der Waals surface area contributed by atoms with E-state index in [9.17, 15) is 0 Å². The van der Waals surface area contributed by atoms with Crippen LogP contribution in [0, 0.1) is 0 Å². The lowest BCUT2D eigenvalue weighted by molar-refractivity contribution is 0.569. The highest BCUT2D eigenvalue weighted by Gasteiger charge is 2.36. The second-order valence-electron chi connectivity index (χ2n) is 18.2. The van der Waals surface area contributed by atoms with Crippen molar-refractivity contribution in [1.29, 1.82) is 0 Å².